The Morgan fingerprint density at radius 1 is 1.21 bits per heavy atom. The Morgan fingerprint density at radius 2 is 2.00 bits per heavy atom. The molecular weight excluding hydrogens is 396 g/mol. The fraction of sp³-hybridized carbons (Fsp3) is 0.286. The maximum absolute atomic E-state index is 12.1. The number of nitro groups is 1. The molecule has 154 valence electrons. The van der Waals surface area contributed by atoms with Crippen molar-refractivity contribution in [3.8, 4) is 11.5 Å². The fourth-order valence-electron chi connectivity index (χ4n) is 2.53. The smallest absolute Gasteiger partial charge is 0.289 e. The first-order chi connectivity index (χ1) is 13.9. The molecule has 0 bridgehead atoms. The van der Waals surface area contributed by atoms with Crippen LogP contribution in [0.1, 0.15) is 31.7 Å². The Morgan fingerprint density at radius 3 is 2.69 bits per heavy atom. The van der Waals surface area contributed by atoms with Crippen molar-refractivity contribution in [2.45, 2.75) is 26.2 Å². The number of hydrogen-bond donors (Lipinski definition) is 1. The van der Waals surface area contributed by atoms with E-state index in [-0.39, 0.29) is 16.4 Å². The van der Waals surface area contributed by atoms with Gasteiger partial charge in [-0.3, -0.25) is 14.9 Å². The average Bonchev–Trinajstić information content (AvgIpc) is 2.71. The molecule has 0 aliphatic carbocycles. The molecule has 0 spiro atoms. The molecule has 0 fully saturated rings. The Bertz CT molecular complexity index is 899. The van der Waals surface area contributed by atoms with Crippen LogP contribution in [0.2, 0.25) is 5.02 Å². The van der Waals surface area contributed by atoms with Gasteiger partial charge >= 0.3 is 0 Å². The first kappa shape index (κ1) is 22.2. The molecule has 2 aromatic carbocycles. The molecular formula is C21H23ClN2O5. The van der Waals surface area contributed by atoms with Gasteiger partial charge in [0.15, 0.2) is 11.5 Å². The van der Waals surface area contributed by atoms with Crippen LogP contribution >= 0.6 is 11.6 Å². The van der Waals surface area contributed by atoms with Gasteiger partial charge in [0, 0.05) is 17.8 Å². The van der Waals surface area contributed by atoms with Crippen LogP contribution in [0, 0.1) is 10.1 Å². The molecule has 0 aliphatic rings. The number of ether oxygens (including phenoxy) is 2. The highest BCUT2D eigenvalue weighted by Gasteiger charge is 2.13. The quantitative estimate of drug-likeness (QED) is 0.239. The number of amides is 1. The van der Waals surface area contributed by atoms with E-state index >= 15 is 0 Å². The molecule has 0 heterocycles. The van der Waals surface area contributed by atoms with Gasteiger partial charge < -0.3 is 14.8 Å². The highest BCUT2D eigenvalue weighted by molar-refractivity contribution is 6.32. The molecule has 0 aromatic heterocycles. The van der Waals surface area contributed by atoms with Crippen LogP contribution in [-0.4, -0.2) is 24.5 Å². The summed E-state index contributed by atoms with van der Waals surface area (Å²) in [6, 6.07) is 9.45. The third-order valence-electron chi connectivity index (χ3n) is 4.03. The number of benzene rings is 2. The van der Waals surface area contributed by atoms with Gasteiger partial charge in [-0.05, 0) is 42.3 Å². The summed E-state index contributed by atoms with van der Waals surface area (Å²) in [4.78, 5) is 22.4. The summed E-state index contributed by atoms with van der Waals surface area (Å²) >= 11 is 5.77. The molecule has 0 saturated carbocycles. The largest absolute Gasteiger partial charge is 0.493 e. The van der Waals surface area contributed by atoms with Gasteiger partial charge in [0.25, 0.3) is 5.69 Å². The lowest BCUT2D eigenvalue weighted by molar-refractivity contribution is -0.384. The second-order valence-electron chi connectivity index (χ2n) is 6.21. The predicted octanol–water partition coefficient (Wildman–Crippen LogP) is 5.48. The maximum Gasteiger partial charge on any atom is 0.289 e. The molecule has 0 atom stereocenters. The van der Waals surface area contributed by atoms with E-state index in [4.69, 9.17) is 21.1 Å². The Labute approximate surface area is 174 Å². The fourth-order valence-corrected chi connectivity index (χ4v) is 2.71. The van der Waals surface area contributed by atoms with Crippen molar-refractivity contribution in [3.63, 3.8) is 0 Å². The lowest BCUT2D eigenvalue weighted by Crippen LogP contribution is -2.08. The van der Waals surface area contributed by atoms with Gasteiger partial charge in [0.2, 0.25) is 5.91 Å². The summed E-state index contributed by atoms with van der Waals surface area (Å²) in [5, 5.41) is 13.5. The molecule has 7 nitrogen and oxygen atoms in total. The van der Waals surface area contributed by atoms with Crippen LogP contribution in [0.25, 0.3) is 6.08 Å². The first-order valence-corrected chi connectivity index (χ1v) is 9.56. The lowest BCUT2D eigenvalue weighted by atomic mass is 10.2. The van der Waals surface area contributed by atoms with Crippen molar-refractivity contribution in [3.05, 3.63) is 63.2 Å². The van der Waals surface area contributed by atoms with Gasteiger partial charge in [-0.15, -0.1) is 0 Å². The number of nitro benzene ring substituents is 1. The molecule has 8 heteroatoms. The number of nitrogens with one attached hydrogen (secondary N) is 1. The monoisotopic (exact) mass is 418 g/mol. The van der Waals surface area contributed by atoms with E-state index < -0.39 is 10.8 Å². The van der Waals surface area contributed by atoms with E-state index in [1.807, 2.05) is 6.07 Å². The molecule has 0 radical (unpaired) electrons. The van der Waals surface area contributed by atoms with E-state index in [0.29, 0.717) is 18.1 Å². The topological polar surface area (TPSA) is 90.7 Å². The van der Waals surface area contributed by atoms with Crippen molar-refractivity contribution in [2.24, 2.45) is 0 Å². The molecule has 1 amide bonds. The van der Waals surface area contributed by atoms with Crippen LogP contribution in [0.15, 0.2) is 42.5 Å². The highest BCUT2D eigenvalue weighted by atomic mass is 35.5. The third kappa shape index (κ3) is 6.80. The molecule has 29 heavy (non-hydrogen) atoms. The second kappa shape index (κ2) is 11.1. The van der Waals surface area contributed by atoms with E-state index in [1.54, 1.807) is 25.3 Å². The van der Waals surface area contributed by atoms with Crippen molar-refractivity contribution in [2.75, 3.05) is 19.0 Å². The second-order valence-corrected chi connectivity index (χ2v) is 6.62. The summed E-state index contributed by atoms with van der Waals surface area (Å²) in [6.07, 6.45) is 6.15. The molecule has 2 aromatic rings. The maximum atomic E-state index is 12.1. The molecule has 1 N–H and O–H groups in total. The van der Waals surface area contributed by atoms with E-state index in [9.17, 15) is 14.9 Å². The number of carbonyl (C=O) groups is 1. The zero-order chi connectivity index (χ0) is 21.2. The summed E-state index contributed by atoms with van der Waals surface area (Å²) in [5.41, 5.74) is 0.761. The highest BCUT2D eigenvalue weighted by Crippen LogP contribution is 2.29. The lowest BCUT2D eigenvalue weighted by Gasteiger charge is -2.11. The van der Waals surface area contributed by atoms with Crippen LogP contribution in [-0.2, 0) is 4.79 Å². The molecule has 0 saturated heterocycles. The van der Waals surface area contributed by atoms with E-state index in [0.717, 1.165) is 24.8 Å². The minimum Gasteiger partial charge on any atom is -0.493 e. The number of carbonyl (C=O) groups excluding carboxylic acids is 1. The summed E-state index contributed by atoms with van der Waals surface area (Å²) < 4.78 is 11.1. The number of rotatable bonds is 10. The van der Waals surface area contributed by atoms with Crippen LogP contribution in [0.3, 0.4) is 0 Å². The van der Waals surface area contributed by atoms with Crippen molar-refractivity contribution in [1.82, 2.24) is 0 Å². The Kier molecular flexibility index (Phi) is 8.48. The van der Waals surface area contributed by atoms with Gasteiger partial charge in [-0.1, -0.05) is 37.4 Å². The van der Waals surface area contributed by atoms with Crippen LogP contribution in [0.5, 0.6) is 11.5 Å². The number of nitrogens with zero attached hydrogens (tertiary/aromatic N) is 1. The van der Waals surface area contributed by atoms with Crippen LogP contribution in [0.4, 0.5) is 11.4 Å². The third-order valence-corrected chi connectivity index (χ3v) is 4.35. The van der Waals surface area contributed by atoms with E-state index in [1.165, 1.54) is 24.3 Å². The Hall–Kier alpha value is -3.06. The van der Waals surface area contributed by atoms with Gasteiger partial charge in [0.1, 0.15) is 5.02 Å². The summed E-state index contributed by atoms with van der Waals surface area (Å²) in [5.74, 6) is 0.802. The SMILES string of the molecule is CCCCCOc1ccc(C=CC(=O)Nc2ccc(Cl)c([N+](=O)[O-])c2)cc1OC. The van der Waals surface area contributed by atoms with Crippen molar-refractivity contribution < 1.29 is 19.2 Å². The molecule has 0 aliphatic heterocycles. The molecule has 2 rings (SSSR count). The minimum atomic E-state index is -0.605. The van der Waals surface area contributed by atoms with Gasteiger partial charge in [0.05, 0.1) is 18.6 Å². The van der Waals surface area contributed by atoms with Gasteiger partial charge in [-0.25, -0.2) is 0 Å². The number of halogens is 1. The number of hydrogen-bond acceptors (Lipinski definition) is 5. The normalized spacial score (nSPS) is 10.7. The first-order valence-electron chi connectivity index (χ1n) is 9.18. The van der Waals surface area contributed by atoms with Crippen molar-refractivity contribution in [1.29, 1.82) is 0 Å². The number of unbranched alkanes of at least 4 members (excludes halogenated alkanes) is 2. The van der Waals surface area contributed by atoms with Crippen LogP contribution < -0.4 is 14.8 Å². The van der Waals surface area contributed by atoms with Gasteiger partial charge in [-0.2, -0.15) is 0 Å². The Balaban J connectivity index is 2.02. The number of methoxy groups -OCH3 is 1. The van der Waals surface area contributed by atoms with Crippen molar-refractivity contribution >= 4 is 35.0 Å². The van der Waals surface area contributed by atoms with E-state index in [2.05, 4.69) is 12.2 Å². The standard InChI is InChI=1S/C21H23ClN2O5/c1-3-4-5-12-29-19-10-6-15(13-20(19)28-2)7-11-21(25)23-16-8-9-17(22)18(14-16)24(26)27/h6-11,13-14H,3-5,12H2,1-2H3,(H,23,25). The molecule has 0 unspecified atom stereocenters. The summed E-state index contributed by atoms with van der Waals surface area (Å²) in [6.45, 7) is 2.75. The zero-order valence-corrected chi connectivity index (χ0v) is 17.1. The summed E-state index contributed by atoms with van der Waals surface area (Å²) in [7, 11) is 1.56. The zero-order valence-electron chi connectivity index (χ0n) is 16.3. The minimum absolute atomic E-state index is 0.00707. The number of anilines is 1. The predicted molar refractivity (Wildman–Crippen MR) is 114 cm³/mol. The average molecular weight is 419 g/mol.